The molecular formula is C21H20N8O8S2. The van der Waals surface area contributed by atoms with Crippen molar-refractivity contribution >= 4 is 65.1 Å². The quantitative estimate of drug-likeness (QED) is 0.0801. The molecule has 2 aliphatic rings. The molecule has 0 saturated carbocycles. The minimum atomic E-state index is -1.32. The van der Waals surface area contributed by atoms with E-state index >= 15 is 0 Å². The van der Waals surface area contributed by atoms with Gasteiger partial charge in [0.2, 0.25) is 11.6 Å². The van der Waals surface area contributed by atoms with Gasteiger partial charge >= 0.3 is 11.9 Å². The topological polar surface area (TPSA) is 218 Å². The molecule has 4 N–H and O–H groups in total. The molecule has 1 saturated heterocycles. The van der Waals surface area contributed by atoms with Gasteiger partial charge in [0, 0.05) is 22.8 Å². The van der Waals surface area contributed by atoms with Crippen LogP contribution in [0.5, 0.6) is 0 Å². The van der Waals surface area contributed by atoms with Crippen molar-refractivity contribution in [3.8, 4) is 0 Å². The first-order valence-electron chi connectivity index (χ1n) is 11.0. The van der Waals surface area contributed by atoms with E-state index in [4.69, 9.17) is 9.94 Å². The molecule has 0 radical (unpaired) electrons. The van der Waals surface area contributed by atoms with Gasteiger partial charge in [-0.3, -0.25) is 24.1 Å². The zero-order chi connectivity index (χ0) is 28.1. The van der Waals surface area contributed by atoms with Crippen molar-refractivity contribution in [1.82, 2.24) is 30.4 Å². The highest BCUT2D eigenvalue weighted by Gasteiger charge is 2.54. The number of nitrogens with zero attached hydrogens (tertiary/aromatic N) is 6. The number of aliphatic carboxylic acids is 2. The lowest BCUT2D eigenvalue weighted by molar-refractivity contribution is -0.150. The van der Waals surface area contributed by atoms with Crippen molar-refractivity contribution < 1.29 is 39.0 Å². The molecular weight excluding hydrogens is 556 g/mol. The summed E-state index contributed by atoms with van der Waals surface area (Å²) in [6.45, 7) is -0.463. The summed E-state index contributed by atoms with van der Waals surface area (Å²) in [5.41, 5.74) is 0.780. The Morgan fingerprint density at radius 2 is 2.13 bits per heavy atom. The van der Waals surface area contributed by atoms with Crippen LogP contribution in [0.1, 0.15) is 5.56 Å². The highest BCUT2D eigenvalue weighted by molar-refractivity contribution is 8.01. The Morgan fingerprint density at radius 3 is 2.82 bits per heavy atom. The van der Waals surface area contributed by atoms with Gasteiger partial charge in [0.05, 0.1) is 0 Å². The van der Waals surface area contributed by atoms with Gasteiger partial charge in [-0.2, -0.15) is 0 Å². The number of carbonyl (C=O) groups excluding carboxylic acids is 3. The molecule has 39 heavy (non-hydrogen) atoms. The van der Waals surface area contributed by atoms with E-state index < -0.39 is 41.7 Å². The summed E-state index contributed by atoms with van der Waals surface area (Å²) in [4.78, 5) is 65.9. The SMILES string of the molecule is CON=C(C(=O)NC1C(=O)N2C(C(=O)O)=C(CSc3nnnn3CC(=O)O)CS[C@@H]12)c1cccc(NC=O)c1. The second kappa shape index (κ2) is 11.9. The van der Waals surface area contributed by atoms with Gasteiger partial charge in [0.25, 0.3) is 11.8 Å². The third-order valence-corrected chi connectivity index (χ3v) is 7.84. The number of carboxylic acids is 2. The van der Waals surface area contributed by atoms with Crippen molar-refractivity contribution in [3.63, 3.8) is 0 Å². The number of β-lactam (4-membered cyclic amide) rings is 1. The number of hydrogen-bond acceptors (Lipinski definition) is 12. The minimum absolute atomic E-state index is 0.0952. The maximum atomic E-state index is 13.1. The Balaban J connectivity index is 1.49. The number of carbonyl (C=O) groups is 5. The number of rotatable bonds is 12. The van der Waals surface area contributed by atoms with Crippen molar-refractivity contribution in [2.75, 3.05) is 23.9 Å². The number of carboxylic acid groups (broad SMARTS) is 2. The standard InChI is InChI=1S/C21H20N8O8S2/c1-37-25-14(10-3-2-4-12(5-10)22-9-30)17(33)23-15-18(34)29-16(20(35)36)11(7-38-19(15)29)8-39-21-24-26-27-28(21)6-13(31)32/h2-5,9,15,19H,6-8H2,1H3,(H,22,30)(H,23,33)(H,31,32)(H,35,36)/t15?,19-/m0/s1. The molecule has 0 aliphatic carbocycles. The lowest BCUT2D eigenvalue weighted by atomic mass is 10.0. The third-order valence-electron chi connectivity index (χ3n) is 5.46. The number of anilines is 1. The molecule has 2 aromatic rings. The molecule has 1 fully saturated rings. The van der Waals surface area contributed by atoms with E-state index in [-0.39, 0.29) is 28.1 Å². The summed E-state index contributed by atoms with van der Waals surface area (Å²) < 4.78 is 1.07. The largest absolute Gasteiger partial charge is 0.480 e. The number of nitrogens with one attached hydrogen (secondary N) is 2. The number of amides is 3. The highest BCUT2D eigenvalue weighted by atomic mass is 32.2. The van der Waals surface area contributed by atoms with Gasteiger partial charge in [-0.05, 0) is 28.1 Å². The van der Waals surface area contributed by atoms with E-state index in [1.54, 1.807) is 18.2 Å². The summed E-state index contributed by atoms with van der Waals surface area (Å²) in [5.74, 6) is -3.49. The van der Waals surface area contributed by atoms with E-state index in [1.807, 2.05) is 0 Å². The van der Waals surface area contributed by atoms with Gasteiger partial charge in [0.1, 0.15) is 30.8 Å². The first-order chi connectivity index (χ1) is 18.7. The summed E-state index contributed by atoms with van der Waals surface area (Å²) in [6.07, 6.45) is 0.479. The van der Waals surface area contributed by atoms with Crippen LogP contribution in [0.2, 0.25) is 0 Å². The van der Waals surface area contributed by atoms with Crippen LogP contribution < -0.4 is 10.6 Å². The fraction of sp³-hybridized carbons (Fsp3) is 0.286. The van der Waals surface area contributed by atoms with Crippen LogP contribution in [-0.2, 0) is 35.4 Å². The van der Waals surface area contributed by atoms with Crippen LogP contribution in [0.15, 0.2) is 45.8 Å². The smallest absolute Gasteiger partial charge is 0.352 e. The highest BCUT2D eigenvalue weighted by Crippen LogP contribution is 2.41. The fourth-order valence-electron chi connectivity index (χ4n) is 3.82. The Labute approximate surface area is 227 Å². The van der Waals surface area contributed by atoms with Gasteiger partial charge < -0.3 is 25.7 Å². The van der Waals surface area contributed by atoms with Crippen LogP contribution in [0, 0.1) is 0 Å². The summed E-state index contributed by atoms with van der Waals surface area (Å²) in [6, 6.07) is 5.25. The lowest BCUT2D eigenvalue weighted by Gasteiger charge is -2.49. The monoisotopic (exact) mass is 576 g/mol. The van der Waals surface area contributed by atoms with Gasteiger partial charge in [-0.15, -0.1) is 16.9 Å². The van der Waals surface area contributed by atoms with Gasteiger partial charge in [-0.1, -0.05) is 29.1 Å². The molecule has 16 nitrogen and oxygen atoms in total. The van der Waals surface area contributed by atoms with Crippen LogP contribution in [-0.4, -0.2) is 101 Å². The summed E-state index contributed by atoms with van der Waals surface area (Å²) in [7, 11) is 1.25. The van der Waals surface area contributed by atoms with E-state index in [9.17, 15) is 29.1 Å². The first-order valence-corrected chi connectivity index (χ1v) is 13.0. The van der Waals surface area contributed by atoms with E-state index in [1.165, 1.54) is 24.9 Å². The number of oxime groups is 1. The zero-order valence-electron chi connectivity index (χ0n) is 20.0. The molecule has 3 amide bonds. The first kappa shape index (κ1) is 27.6. The fourth-order valence-corrected chi connectivity index (χ4v) is 6.19. The maximum Gasteiger partial charge on any atom is 0.352 e. The summed E-state index contributed by atoms with van der Waals surface area (Å²) >= 11 is 2.30. The number of thioether (sulfide) groups is 2. The third kappa shape index (κ3) is 5.85. The number of hydrogen-bond donors (Lipinski definition) is 4. The van der Waals surface area contributed by atoms with Crippen LogP contribution >= 0.6 is 23.5 Å². The minimum Gasteiger partial charge on any atom is -0.480 e. The van der Waals surface area contributed by atoms with Gasteiger partial charge in [-0.25, -0.2) is 9.48 Å². The number of tetrazole rings is 1. The average Bonchev–Trinajstić information content (AvgIpc) is 3.34. The van der Waals surface area contributed by atoms with Crippen LogP contribution in [0.3, 0.4) is 0 Å². The molecule has 0 spiro atoms. The molecule has 2 atom stereocenters. The lowest BCUT2D eigenvalue weighted by Crippen LogP contribution is -2.71. The van der Waals surface area contributed by atoms with E-state index in [0.717, 1.165) is 21.3 Å². The normalized spacial score (nSPS) is 18.6. The Bertz CT molecular complexity index is 1390. The molecule has 3 heterocycles. The van der Waals surface area contributed by atoms with Crippen molar-refractivity contribution in [3.05, 3.63) is 41.1 Å². The molecule has 1 aromatic carbocycles. The van der Waals surface area contributed by atoms with E-state index in [0.29, 0.717) is 23.2 Å². The average molecular weight is 577 g/mol. The Morgan fingerprint density at radius 1 is 1.33 bits per heavy atom. The van der Waals surface area contributed by atoms with Crippen LogP contribution in [0.25, 0.3) is 0 Å². The zero-order valence-corrected chi connectivity index (χ0v) is 21.6. The second-order valence-corrected chi connectivity index (χ2v) is 9.93. The maximum absolute atomic E-state index is 13.1. The number of aromatic nitrogens is 4. The van der Waals surface area contributed by atoms with Crippen molar-refractivity contribution in [2.45, 2.75) is 23.1 Å². The molecule has 1 unspecified atom stereocenters. The predicted molar refractivity (Wildman–Crippen MR) is 136 cm³/mol. The van der Waals surface area contributed by atoms with Gasteiger partial charge in [0.15, 0.2) is 5.71 Å². The molecule has 1 aromatic heterocycles. The molecule has 4 rings (SSSR count). The van der Waals surface area contributed by atoms with E-state index in [2.05, 4.69) is 31.3 Å². The Hall–Kier alpha value is -4.45. The van der Waals surface area contributed by atoms with Crippen molar-refractivity contribution in [1.29, 1.82) is 0 Å². The predicted octanol–water partition coefficient (Wildman–Crippen LogP) is -0.793. The molecule has 2 aliphatic heterocycles. The number of fused-ring (bicyclic) bond motifs is 1. The number of benzene rings is 1. The summed E-state index contributed by atoms with van der Waals surface area (Å²) in [5, 5.41) is 38.0. The molecule has 204 valence electrons. The molecule has 0 bridgehead atoms. The Kier molecular flexibility index (Phi) is 8.45. The van der Waals surface area contributed by atoms with Crippen LogP contribution in [0.4, 0.5) is 5.69 Å². The molecule has 18 heteroatoms. The second-order valence-electron chi connectivity index (χ2n) is 7.89. The van der Waals surface area contributed by atoms with Crippen molar-refractivity contribution in [2.24, 2.45) is 5.16 Å².